The summed E-state index contributed by atoms with van der Waals surface area (Å²) >= 11 is 0. The van der Waals surface area contributed by atoms with Gasteiger partial charge in [0.15, 0.2) is 6.10 Å². The highest BCUT2D eigenvalue weighted by Gasteiger charge is 2.25. The van der Waals surface area contributed by atoms with Gasteiger partial charge in [-0.15, -0.1) is 0 Å². The van der Waals surface area contributed by atoms with E-state index in [9.17, 15) is 19.0 Å². The van der Waals surface area contributed by atoms with E-state index >= 15 is 0 Å². The van der Waals surface area contributed by atoms with E-state index in [1.54, 1.807) is 0 Å². The van der Waals surface area contributed by atoms with E-state index < -0.39 is 26.5 Å². The zero-order chi connectivity index (χ0) is 34.7. The normalized spacial score (nSPS) is 13.7. The second-order valence-corrected chi connectivity index (χ2v) is 13.9. The van der Waals surface area contributed by atoms with Crippen LogP contribution >= 0.6 is 7.82 Å². The molecule has 10 heteroatoms. The maximum absolute atomic E-state index is 12.4. The van der Waals surface area contributed by atoms with Crippen molar-refractivity contribution in [2.75, 3.05) is 26.4 Å². The zero-order valence-electron chi connectivity index (χ0n) is 30.0. The van der Waals surface area contributed by atoms with Crippen LogP contribution in [-0.4, -0.2) is 49.3 Å². The number of hydrogen-bond donors (Lipinski definition) is 2. The van der Waals surface area contributed by atoms with Crippen molar-refractivity contribution in [2.24, 2.45) is 5.73 Å². The number of allylic oxidation sites excluding steroid dienone is 4. The van der Waals surface area contributed by atoms with Crippen LogP contribution in [0, 0.1) is 0 Å². The molecule has 0 amide bonds. The molecule has 0 rings (SSSR count). The highest BCUT2D eigenvalue weighted by Crippen LogP contribution is 2.43. The Kier molecular flexibility index (Phi) is 33.3. The number of esters is 2. The summed E-state index contributed by atoms with van der Waals surface area (Å²) in [5.74, 6) is -0.839. The van der Waals surface area contributed by atoms with Crippen LogP contribution in [0.2, 0.25) is 0 Å². The molecule has 3 N–H and O–H groups in total. The van der Waals surface area contributed by atoms with Gasteiger partial charge in [0.1, 0.15) is 6.61 Å². The predicted molar refractivity (Wildman–Crippen MR) is 192 cm³/mol. The van der Waals surface area contributed by atoms with Gasteiger partial charge in [-0.3, -0.25) is 18.6 Å². The molecule has 276 valence electrons. The fourth-order valence-corrected chi connectivity index (χ4v) is 5.78. The van der Waals surface area contributed by atoms with Gasteiger partial charge >= 0.3 is 19.8 Å². The molecule has 0 aliphatic heterocycles. The molecule has 0 aromatic carbocycles. The standard InChI is InChI=1S/C37H70NO8P/c1-3-5-7-9-11-13-14-15-16-17-18-19-20-22-23-25-27-29-36(39)43-33-35(34-45-47(41,42)44-32-31-38)46-37(40)30-28-26-24-21-12-10-8-6-4-2/h11,13,15-16,35H,3-10,12,14,17-34,38H2,1-2H3,(H,41,42)/b13-11+,16-15+/t35-/m0/s1. The fourth-order valence-electron chi connectivity index (χ4n) is 5.02. The average Bonchev–Trinajstić information content (AvgIpc) is 3.05. The molecule has 0 bridgehead atoms. The number of ether oxygens (including phenoxy) is 2. The van der Waals surface area contributed by atoms with Gasteiger partial charge < -0.3 is 20.1 Å². The predicted octanol–water partition coefficient (Wildman–Crippen LogP) is 10.0. The first-order valence-corrected chi connectivity index (χ1v) is 20.3. The van der Waals surface area contributed by atoms with Gasteiger partial charge in [-0.1, -0.05) is 134 Å². The molecule has 0 saturated carbocycles. The van der Waals surface area contributed by atoms with Crippen LogP contribution in [0.1, 0.15) is 168 Å². The molecule has 1 unspecified atom stereocenters. The molecule has 0 fully saturated rings. The second-order valence-electron chi connectivity index (χ2n) is 12.4. The first-order chi connectivity index (χ1) is 22.8. The van der Waals surface area contributed by atoms with Crippen molar-refractivity contribution in [1.82, 2.24) is 0 Å². The number of hydrogen-bond acceptors (Lipinski definition) is 8. The van der Waals surface area contributed by atoms with Crippen LogP contribution in [0.4, 0.5) is 0 Å². The summed E-state index contributed by atoms with van der Waals surface area (Å²) in [6, 6.07) is 0. The van der Waals surface area contributed by atoms with Gasteiger partial charge in [-0.2, -0.15) is 0 Å². The van der Waals surface area contributed by atoms with Crippen LogP contribution in [0.3, 0.4) is 0 Å². The lowest BCUT2D eigenvalue weighted by Gasteiger charge is -2.19. The van der Waals surface area contributed by atoms with Gasteiger partial charge in [-0.25, -0.2) is 4.57 Å². The van der Waals surface area contributed by atoms with E-state index in [0.29, 0.717) is 6.42 Å². The van der Waals surface area contributed by atoms with Crippen LogP contribution in [0.25, 0.3) is 0 Å². The number of nitrogens with two attached hydrogens (primary N) is 1. The maximum Gasteiger partial charge on any atom is 0.472 e. The lowest BCUT2D eigenvalue weighted by Crippen LogP contribution is -2.29. The minimum absolute atomic E-state index is 0.0534. The summed E-state index contributed by atoms with van der Waals surface area (Å²) in [5, 5.41) is 0. The maximum atomic E-state index is 12.4. The van der Waals surface area contributed by atoms with Crippen molar-refractivity contribution in [3.63, 3.8) is 0 Å². The Bertz CT molecular complexity index is 835. The molecular weight excluding hydrogens is 617 g/mol. The molecule has 9 nitrogen and oxygen atoms in total. The molecule has 0 aliphatic carbocycles. The van der Waals surface area contributed by atoms with Gasteiger partial charge in [0.2, 0.25) is 0 Å². The molecule has 0 saturated heterocycles. The Morgan fingerprint density at radius 3 is 1.66 bits per heavy atom. The zero-order valence-corrected chi connectivity index (χ0v) is 30.9. The third kappa shape index (κ3) is 34.2. The third-order valence-corrected chi connectivity index (χ3v) is 8.82. The van der Waals surface area contributed by atoms with Crippen molar-refractivity contribution < 1.29 is 37.6 Å². The lowest BCUT2D eigenvalue weighted by atomic mass is 10.1. The van der Waals surface area contributed by atoms with E-state index in [1.165, 1.54) is 77.0 Å². The van der Waals surface area contributed by atoms with Crippen molar-refractivity contribution >= 4 is 19.8 Å². The molecular formula is C37H70NO8P. The number of unbranched alkanes of at least 4 members (excludes halogenated alkanes) is 18. The van der Waals surface area contributed by atoms with Crippen molar-refractivity contribution in [1.29, 1.82) is 0 Å². The Labute approximate surface area is 287 Å². The molecule has 0 aliphatic rings. The van der Waals surface area contributed by atoms with Crippen molar-refractivity contribution in [3.8, 4) is 0 Å². The smallest absolute Gasteiger partial charge is 0.462 e. The highest BCUT2D eigenvalue weighted by molar-refractivity contribution is 7.47. The van der Waals surface area contributed by atoms with Gasteiger partial charge in [0.25, 0.3) is 0 Å². The number of phosphoric ester groups is 1. The van der Waals surface area contributed by atoms with E-state index in [4.69, 9.17) is 24.3 Å². The molecule has 0 aromatic heterocycles. The van der Waals surface area contributed by atoms with Crippen LogP contribution in [0.5, 0.6) is 0 Å². The van der Waals surface area contributed by atoms with E-state index in [0.717, 1.165) is 57.8 Å². The lowest BCUT2D eigenvalue weighted by molar-refractivity contribution is -0.161. The van der Waals surface area contributed by atoms with Crippen molar-refractivity contribution in [2.45, 2.75) is 174 Å². The molecule has 47 heavy (non-hydrogen) atoms. The largest absolute Gasteiger partial charge is 0.472 e. The van der Waals surface area contributed by atoms with Gasteiger partial charge in [0, 0.05) is 19.4 Å². The molecule has 0 spiro atoms. The summed E-state index contributed by atoms with van der Waals surface area (Å²) in [6.45, 7) is 3.66. The summed E-state index contributed by atoms with van der Waals surface area (Å²) in [4.78, 5) is 34.6. The Morgan fingerprint density at radius 2 is 1.11 bits per heavy atom. The van der Waals surface area contributed by atoms with Crippen molar-refractivity contribution in [3.05, 3.63) is 24.3 Å². The van der Waals surface area contributed by atoms with E-state index in [2.05, 4.69) is 38.2 Å². The summed E-state index contributed by atoms with van der Waals surface area (Å²) < 4.78 is 32.6. The monoisotopic (exact) mass is 687 g/mol. The Hall–Kier alpha value is -1.51. The number of rotatable bonds is 35. The first-order valence-electron chi connectivity index (χ1n) is 18.8. The number of phosphoric acid groups is 1. The van der Waals surface area contributed by atoms with Crippen LogP contribution in [-0.2, 0) is 32.7 Å². The highest BCUT2D eigenvalue weighted by atomic mass is 31.2. The SMILES string of the molecule is CCCCC/C=C/C/C=C/CCCCCCCCCC(=O)OC[C@@H](COP(=O)(O)OCCN)OC(=O)CCCCCCCCCCC. The molecule has 0 heterocycles. The summed E-state index contributed by atoms with van der Waals surface area (Å²) in [5.41, 5.74) is 5.32. The quantitative estimate of drug-likeness (QED) is 0.0289. The van der Waals surface area contributed by atoms with E-state index in [-0.39, 0.29) is 38.6 Å². The topological polar surface area (TPSA) is 134 Å². The van der Waals surface area contributed by atoms with Crippen LogP contribution in [0.15, 0.2) is 24.3 Å². The van der Waals surface area contributed by atoms with Gasteiger partial charge in [-0.05, 0) is 44.9 Å². The number of carbonyl (C=O) groups excluding carboxylic acids is 2. The first kappa shape index (κ1) is 45.5. The average molecular weight is 688 g/mol. The Morgan fingerprint density at radius 1 is 0.638 bits per heavy atom. The summed E-state index contributed by atoms with van der Waals surface area (Å²) in [6.07, 6.45) is 33.5. The molecule has 0 radical (unpaired) electrons. The summed E-state index contributed by atoms with van der Waals surface area (Å²) in [7, 11) is -4.36. The molecule has 0 aromatic rings. The minimum Gasteiger partial charge on any atom is -0.462 e. The fraction of sp³-hybridized carbons (Fsp3) is 0.838. The van der Waals surface area contributed by atoms with Crippen LogP contribution < -0.4 is 5.73 Å². The minimum atomic E-state index is -4.36. The third-order valence-electron chi connectivity index (χ3n) is 7.84. The van der Waals surface area contributed by atoms with Gasteiger partial charge in [0.05, 0.1) is 13.2 Å². The molecule has 2 atom stereocenters. The second kappa shape index (κ2) is 34.4. The number of carbonyl (C=O) groups is 2. The van der Waals surface area contributed by atoms with E-state index in [1.807, 2.05) is 0 Å². The Balaban J connectivity index is 4.17.